The maximum absolute atomic E-state index is 13.4. The molecule has 11 nitrogen and oxygen atoms in total. The zero-order valence-electron chi connectivity index (χ0n) is 24.5. The quantitative estimate of drug-likeness (QED) is 0.422. The van der Waals surface area contributed by atoms with Crippen LogP contribution in [0, 0.1) is 0 Å². The summed E-state index contributed by atoms with van der Waals surface area (Å²) in [7, 11) is 1.59. The maximum atomic E-state index is 13.4. The molecule has 1 amide bonds. The second-order valence-corrected chi connectivity index (χ2v) is 11.6. The number of nitrogens with zero attached hydrogens (tertiary/aromatic N) is 5. The highest BCUT2D eigenvalue weighted by atomic mass is 16.6. The number of amides is 1. The van der Waals surface area contributed by atoms with Gasteiger partial charge in [0.15, 0.2) is 11.5 Å². The lowest BCUT2D eigenvalue weighted by Gasteiger charge is -2.42. The fourth-order valence-corrected chi connectivity index (χ4v) is 5.44. The van der Waals surface area contributed by atoms with E-state index in [2.05, 4.69) is 21.8 Å². The summed E-state index contributed by atoms with van der Waals surface area (Å²) in [6.45, 7) is 11.1. The summed E-state index contributed by atoms with van der Waals surface area (Å²) in [4.78, 5) is 39.3. The third-order valence-electron chi connectivity index (χ3n) is 7.53. The highest BCUT2D eigenvalue weighted by Gasteiger charge is 2.34. The number of pyridine rings is 3. The average molecular weight is 566 g/mol. The van der Waals surface area contributed by atoms with Gasteiger partial charge in [-0.15, -0.1) is 0 Å². The average Bonchev–Trinajstić information content (AvgIpc) is 2.94. The van der Waals surface area contributed by atoms with Gasteiger partial charge in [0.05, 0.1) is 42.8 Å². The van der Waals surface area contributed by atoms with Gasteiger partial charge in [0, 0.05) is 49.9 Å². The van der Waals surface area contributed by atoms with Gasteiger partial charge in [-0.1, -0.05) is 0 Å². The second-order valence-electron chi connectivity index (χ2n) is 11.6. The molecule has 5 heterocycles. The Morgan fingerprint density at radius 1 is 1.10 bits per heavy atom. The summed E-state index contributed by atoms with van der Waals surface area (Å²) in [5, 5.41) is 0. The van der Waals surface area contributed by atoms with Crippen LogP contribution in [0.3, 0.4) is 0 Å². The first kappa shape index (κ1) is 28.7. The molecule has 3 aromatic rings. The van der Waals surface area contributed by atoms with Crippen molar-refractivity contribution < 1.29 is 23.7 Å². The number of methoxy groups -OCH3 is 1. The van der Waals surface area contributed by atoms with Crippen LogP contribution in [0.1, 0.15) is 46.2 Å². The molecular weight excluding hydrogens is 526 g/mol. The maximum Gasteiger partial charge on any atom is 0.410 e. The number of fused-ring (bicyclic) bond motifs is 2. The molecule has 1 fully saturated rings. The molecule has 2 aliphatic heterocycles. The van der Waals surface area contributed by atoms with Crippen molar-refractivity contribution in [2.75, 3.05) is 33.4 Å². The van der Waals surface area contributed by atoms with Gasteiger partial charge in [0.2, 0.25) is 0 Å². The van der Waals surface area contributed by atoms with Crippen molar-refractivity contribution in [3.05, 3.63) is 52.7 Å². The lowest BCUT2D eigenvalue weighted by Crippen LogP contribution is -2.52. The van der Waals surface area contributed by atoms with Crippen LogP contribution in [0.5, 0.6) is 17.2 Å². The molecule has 220 valence electrons. The largest absolute Gasteiger partial charge is 0.495 e. The lowest BCUT2D eigenvalue weighted by molar-refractivity contribution is -0.000173. The van der Waals surface area contributed by atoms with Crippen molar-refractivity contribution in [2.24, 2.45) is 0 Å². The van der Waals surface area contributed by atoms with E-state index < -0.39 is 5.60 Å². The number of carbonyl (C=O) groups excluding carboxylic acids is 1. The minimum atomic E-state index is -0.620. The van der Waals surface area contributed by atoms with Crippen molar-refractivity contribution in [3.63, 3.8) is 0 Å². The Bertz CT molecular complexity index is 1450. The van der Waals surface area contributed by atoms with Gasteiger partial charge < -0.3 is 23.5 Å². The van der Waals surface area contributed by atoms with E-state index in [-0.39, 0.29) is 23.7 Å². The summed E-state index contributed by atoms with van der Waals surface area (Å²) < 4.78 is 24.2. The number of aromatic nitrogens is 3. The molecule has 11 heteroatoms. The standard InChI is InChI=1S/C30H39N5O6/c1-20-14-22(8-9-33(20)10-11-34-25-16-23(38-5)17-32-24(25)6-7-28(34)36)35(29(37)41-30(2,3)4)19-21-15-26-27(18-31-21)40-13-12-39-26/h6-7,15-18,20,22H,8-14,19H2,1-5H3. The third-order valence-corrected chi connectivity index (χ3v) is 7.53. The van der Waals surface area contributed by atoms with Gasteiger partial charge in [0.1, 0.15) is 24.6 Å². The highest BCUT2D eigenvalue weighted by molar-refractivity contribution is 5.75. The number of hydrogen-bond donors (Lipinski definition) is 0. The third kappa shape index (κ3) is 6.73. The molecule has 0 aromatic carbocycles. The fraction of sp³-hybridized carbons (Fsp3) is 0.533. The molecule has 2 atom stereocenters. The predicted octanol–water partition coefficient (Wildman–Crippen LogP) is 3.86. The number of ether oxygens (including phenoxy) is 4. The Hall–Kier alpha value is -3.86. The first-order valence-electron chi connectivity index (χ1n) is 14.1. The topological polar surface area (TPSA) is 108 Å². The smallest absolute Gasteiger partial charge is 0.410 e. The summed E-state index contributed by atoms with van der Waals surface area (Å²) in [6.07, 6.45) is 4.49. The molecule has 0 radical (unpaired) electrons. The molecule has 0 aliphatic carbocycles. The van der Waals surface area contributed by atoms with Crippen LogP contribution in [0.25, 0.3) is 11.0 Å². The summed E-state index contributed by atoms with van der Waals surface area (Å²) >= 11 is 0. The normalized spacial score (nSPS) is 19.1. The first-order valence-corrected chi connectivity index (χ1v) is 14.1. The van der Waals surface area contributed by atoms with E-state index in [0.717, 1.165) is 36.1 Å². The van der Waals surface area contributed by atoms with E-state index in [1.165, 1.54) is 0 Å². The van der Waals surface area contributed by atoms with Crippen LogP contribution >= 0.6 is 0 Å². The van der Waals surface area contributed by atoms with Gasteiger partial charge in [-0.05, 0) is 46.6 Å². The van der Waals surface area contributed by atoms with Gasteiger partial charge in [0.25, 0.3) is 5.56 Å². The zero-order valence-corrected chi connectivity index (χ0v) is 24.5. The fourth-order valence-electron chi connectivity index (χ4n) is 5.44. The van der Waals surface area contributed by atoms with Crippen molar-refractivity contribution in [2.45, 2.75) is 71.3 Å². The Morgan fingerprint density at radius 2 is 1.88 bits per heavy atom. The van der Waals surface area contributed by atoms with E-state index in [1.54, 1.807) is 41.1 Å². The molecule has 2 unspecified atom stereocenters. The zero-order chi connectivity index (χ0) is 29.1. The molecule has 5 rings (SSSR count). The lowest BCUT2D eigenvalue weighted by atomic mass is 9.96. The Labute approximate surface area is 240 Å². The van der Waals surface area contributed by atoms with Gasteiger partial charge >= 0.3 is 6.09 Å². The molecule has 0 N–H and O–H groups in total. The number of hydrogen-bond acceptors (Lipinski definition) is 9. The predicted molar refractivity (Wildman–Crippen MR) is 154 cm³/mol. The van der Waals surface area contributed by atoms with Crippen molar-refractivity contribution in [3.8, 4) is 17.2 Å². The summed E-state index contributed by atoms with van der Waals surface area (Å²) in [5.41, 5.74) is 1.53. The molecule has 0 bridgehead atoms. The molecule has 0 spiro atoms. The molecule has 1 saturated heterocycles. The number of rotatable bonds is 7. The molecule has 2 aliphatic rings. The molecular formula is C30H39N5O6. The van der Waals surface area contributed by atoms with Crippen LogP contribution in [-0.2, 0) is 17.8 Å². The van der Waals surface area contributed by atoms with Gasteiger partial charge in [-0.3, -0.25) is 24.6 Å². The summed E-state index contributed by atoms with van der Waals surface area (Å²) in [6, 6.07) is 7.15. The SMILES string of the molecule is COc1cnc2ccc(=O)n(CCN3CCC(N(Cc4cc5c(cn4)OCCO5)C(=O)OC(C)(C)C)CC3C)c2c1. The summed E-state index contributed by atoms with van der Waals surface area (Å²) in [5.74, 6) is 1.87. The minimum absolute atomic E-state index is 0.0279. The highest BCUT2D eigenvalue weighted by Crippen LogP contribution is 2.31. The van der Waals surface area contributed by atoms with Crippen molar-refractivity contribution in [1.82, 2.24) is 24.3 Å². The van der Waals surface area contributed by atoms with E-state index in [1.807, 2.05) is 32.9 Å². The Kier molecular flexibility index (Phi) is 8.35. The van der Waals surface area contributed by atoms with Crippen molar-refractivity contribution in [1.29, 1.82) is 0 Å². The van der Waals surface area contributed by atoms with E-state index in [9.17, 15) is 9.59 Å². The van der Waals surface area contributed by atoms with Gasteiger partial charge in [-0.25, -0.2) is 4.79 Å². The van der Waals surface area contributed by atoms with E-state index in [0.29, 0.717) is 50.1 Å². The van der Waals surface area contributed by atoms with Crippen LogP contribution in [0.2, 0.25) is 0 Å². The molecule has 0 saturated carbocycles. The van der Waals surface area contributed by atoms with Crippen LogP contribution in [0.15, 0.2) is 41.5 Å². The second kappa shape index (κ2) is 11.9. The minimum Gasteiger partial charge on any atom is -0.495 e. The monoisotopic (exact) mass is 565 g/mol. The molecule has 3 aromatic heterocycles. The van der Waals surface area contributed by atoms with Crippen molar-refractivity contribution >= 4 is 17.1 Å². The van der Waals surface area contributed by atoms with E-state index >= 15 is 0 Å². The van der Waals surface area contributed by atoms with E-state index in [4.69, 9.17) is 18.9 Å². The number of piperidine rings is 1. The first-order chi connectivity index (χ1) is 19.6. The van der Waals surface area contributed by atoms with Crippen LogP contribution in [0.4, 0.5) is 4.79 Å². The number of likely N-dealkylation sites (tertiary alicyclic amines) is 1. The molecule has 41 heavy (non-hydrogen) atoms. The van der Waals surface area contributed by atoms with Crippen LogP contribution < -0.4 is 19.8 Å². The van der Waals surface area contributed by atoms with Gasteiger partial charge in [-0.2, -0.15) is 0 Å². The number of carbonyl (C=O) groups is 1. The Balaban J connectivity index is 1.29. The Morgan fingerprint density at radius 3 is 2.61 bits per heavy atom. The van der Waals surface area contributed by atoms with Crippen LogP contribution in [-0.4, -0.2) is 81.5 Å².